The number of hydrogen-bond acceptors (Lipinski definition) is 4. The molecule has 8 heteroatoms. The van der Waals surface area contributed by atoms with Crippen LogP contribution in [0.4, 0.5) is 4.39 Å². The van der Waals surface area contributed by atoms with Crippen molar-refractivity contribution in [2.75, 3.05) is 13.1 Å². The van der Waals surface area contributed by atoms with Crippen molar-refractivity contribution >= 4 is 16.0 Å². The number of carbonyl (C=O) groups is 1. The highest BCUT2D eigenvalue weighted by Crippen LogP contribution is 2.30. The SMILES string of the molecule is CC1CN(S(=O)(=O)c2ccc(C(=O)O)c(O)c2)CCc2ccc(F)cc21. The van der Waals surface area contributed by atoms with Crippen molar-refractivity contribution in [2.24, 2.45) is 0 Å². The Kier molecular flexibility index (Phi) is 4.72. The summed E-state index contributed by atoms with van der Waals surface area (Å²) in [6.07, 6.45) is 0.443. The standard InChI is InChI=1S/C18H18FNO5S/c1-11-10-20(7-6-12-2-3-13(19)8-16(11)12)26(24,25)14-4-5-15(18(22)23)17(21)9-14/h2-5,8-9,11,21H,6-7,10H2,1H3,(H,22,23). The van der Waals surface area contributed by atoms with Gasteiger partial charge in [-0.25, -0.2) is 17.6 Å². The van der Waals surface area contributed by atoms with Gasteiger partial charge in [-0.2, -0.15) is 4.31 Å². The van der Waals surface area contributed by atoms with E-state index in [1.54, 1.807) is 6.07 Å². The third kappa shape index (κ3) is 3.30. The number of sulfonamides is 1. The van der Waals surface area contributed by atoms with Gasteiger partial charge in [0.2, 0.25) is 10.0 Å². The molecule has 1 aliphatic heterocycles. The molecule has 0 saturated carbocycles. The molecule has 6 nitrogen and oxygen atoms in total. The van der Waals surface area contributed by atoms with Crippen LogP contribution in [0.1, 0.15) is 34.3 Å². The minimum atomic E-state index is -3.92. The molecule has 0 bridgehead atoms. The Morgan fingerprint density at radius 2 is 1.96 bits per heavy atom. The maximum absolute atomic E-state index is 13.5. The second-order valence-corrected chi connectivity index (χ2v) is 8.28. The van der Waals surface area contributed by atoms with Crippen molar-refractivity contribution in [3.05, 3.63) is 58.9 Å². The summed E-state index contributed by atoms with van der Waals surface area (Å²) in [5.41, 5.74) is 1.32. The molecule has 0 amide bonds. The number of fused-ring (bicyclic) bond motifs is 1. The number of phenols is 1. The van der Waals surface area contributed by atoms with E-state index >= 15 is 0 Å². The van der Waals surface area contributed by atoms with Gasteiger partial charge in [0.25, 0.3) is 0 Å². The third-order valence-corrected chi connectivity index (χ3v) is 6.45. The van der Waals surface area contributed by atoms with Crippen LogP contribution in [0.3, 0.4) is 0 Å². The molecule has 1 heterocycles. The summed E-state index contributed by atoms with van der Waals surface area (Å²) in [7, 11) is -3.92. The van der Waals surface area contributed by atoms with Crippen LogP contribution in [0.25, 0.3) is 0 Å². The third-order valence-electron chi connectivity index (χ3n) is 4.58. The Balaban J connectivity index is 1.94. The van der Waals surface area contributed by atoms with Gasteiger partial charge in [0.1, 0.15) is 17.1 Å². The summed E-state index contributed by atoms with van der Waals surface area (Å²) in [4.78, 5) is 10.8. The normalized spacial score (nSPS) is 18.2. The lowest BCUT2D eigenvalue weighted by Crippen LogP contribution is -2.34. The summed E-state index contributed by atoms with van der Waals surface area (Å²) < 4.78 is 40.7. The predicted octanol–water partition coefficient (Wildman–Crippen LogP) is 2.58. The second kappa shape index (κ2) is 6.69. The van der Waals surface area contributed by atoms with Crippen molar-refractivity contribution in [2.45, 2.75) is 24.2 Å². The molecule has 0 aromatic heterocycles. The van der Waals surface area contributed by atoms with Crippen LogP contribution in [-0.4, -0.2) is 42.0 Å². The number of rotatable bonds is 3. The Hall–Kier alpha value is -2.45. The molecular formula is C18H18FNO5S. The Morgan fingerprint density at radius 1 is 1.23 bits per heavy atom. The number of benzene rings is 2. The van der Waals surface area contributed by atoms with Crippen molar-refractivity contribution in [1.82, 2.24) is 4.31 Å². The molecular weight excluding hydrogens is 361 g/mol. The number of nitrogens with zero attached hydrogens (tertiary/aromatic N) is 1. The number of carboxylic acid groups (broad SMARTS) is 1. The smallest absolute Gasteiger partial charge is 0.339 e. The summed E-state index contributed by atoms with van der Waals surface area (Å²) in [6.45, 7) is 2.21. The first kappa shape index (κ1) is 18.3. The summed E-state index contributed by atoms with van der Waals surface area (Å²) in [5.74, 6) is -2.51. The van der Waals surface area contributed by atoms with Crippen LogP contribution in [0, 0.1) is 5.82 Å². The molecule has 0 spiro atoms. The van der Waals surface area contributed by atoms with Gasteiger partial charge in [-0.15, -0.1) is 0 Å². The minimum Gasteiger partial charge on any atom is -0.507 e. The van der Waals surface area contributed by atoms with Crippen LogP contribution in [0.15, 0.2) is 41.3 Å². The molecule has 1 atom stereocenters. The first-order valence-corrected chi connectivity index (χ1v) is 9.49. The van der Waals surface area contributed by atoms with E-state index in [1.807, 2.05) is 6.92 Å². The van der Waals surface area contributed by atoms with Crippen molar-refractivity contribution in [3.8, 4) is 5.75 Å². The molecule has 0 aliphatic carbocycles. The van der Waals surface area contributed by atoms with E-state index in [9.17, 15) is 22.7 Å². The quantitative estimate of drug-likeness (QED) is 0.855. The molecule has 0 saturated heterocycles. The summed E-state index contributed by atoms with van der Waals surface area (Å²) in [5, 5.41) is 18.8. The van der Waals surface area contributed by atoms with E-state index in [0.29, 0.717) is 6.42 Å². The molecule has 26 heavy (non-hydrogen) atoms. The number of halogens is 1. The van der Waals surface area contributed by atoms with Gasteiger partial charge >= 0.3 is 5.97 Å². The number of carboxylic acids is 1. The Bertz CT molecular complexity index is 974. The highest BCUT2D eigenvalue weighted by atomic mass is 32.2. The Labute approximate surface area is 150 Å². The molecule has 1 aliphatic rings. The minimum absolute atomic E-state index is 0.167. The lowest BCUT2D eigenvalue weighted by atomic mass is 9.95. The largest absolute Gasteiger partial charge is 0.507 e. The van der Waals surface area contributed by atoms with Gasteiger partial charge < -0.3 is 10.2 Å². The van der Waals surface area contributed by atoms with Crippen LogP contribution in [-0.2, 0) is 16.4 Å². The zero-order chi connectivity index (χ0) is 19.1. The van der Waals surface area contributed by atoms with Crippen LogP contribution >= 0.6 is 0 Å². The maximum atomic E-state index is 13.5. The van der Waals surface area contributed by atoms with E-state index in [-0.39, 0.29) is 35.3 Å². The fourth-order valence-corrected chi connectivity index (χ4v) is 4.76. The molecule has 138 valence electrons. The van der Waals surface area contributed by atoms with Gasteiger partial charge in [-0.05, 0) is 47.7 Å². The van der Waals surface area contributed by atoms with E-state index in [0.717, 1.165) is 23.3 Å². The number of aromatic carboxylic acids is 1. The van der Waals surface area contributed by atoms with Crippen molar-refractivity contribution < 1.29 is 27.8 Å². The fourth-order valence-electron chi connectivity index (χ4n) is 3.21. The van der Waals surface area contributed by atoms with E-state index in [1.165, 1.54) is 22.5 Å². The summed E-state index contributed by atoms with van der Waals surface area (Å²) in [6, 6.07) is 7.64. The zero-order valence-electron chi connectivity index (χ0n) is 14.0. The first-order chi connectivity index (χ1) is 12.2. The lowest BCUT2D eigenvalue weighted by molar-refractivity contribution is 0.0693. The van der Waals surface area contributed by atoms with Gasteiger partial charge in [0, 0.05) is 19.2 Å². The number of hydrogen-bond donors (Lipinski definition) is 2. The van der Waals surface area contributed by atoms with E-state index in [2.05, 4.69) is 0 Å². The van der Waals surface area contributed by atoms with Gasteiger partial charge in [-0.1, -0.05) is 13.0 Å². The molecule has 0 fully saturated rings. The topological polar surface area (TPSA) is 94.9 Å². The monoisotopic (exact) mass is 379 g/mol. The Morgan fingerprint density at radius 3 is 2.62 bits per heavy atom. The van der Waals surface area contributed by atoms with Crippen LogP contribution < -0.4 is 0 Å². The average molecular weight is 379 g/mol. The molecule has 3 rings (SSSR count). The van der Waals surface area contributed by atoms with Gasteiger partial charge in [0.05, 0.1) is 4.90 Å². The van der Waals surface area contributed by atoms with Crippen LogP contribution in [0.2, 0.25) is 0 Å². The van der Waals surface area contributed by atoms with E-state index in [4.69, 9.17) is 5.11 Å². The molecule has 2 aromatic carbocycles. The zero-order valence-corrected chi connectivity index (χ0v) is 14.8. The van der Waals surface area contributed by atoms with Crippen molar-refractivity contribution in [3.63, 3.8) is 0 Å². The highest BCUT2D eigenvalue weighted by Gasteiger charge is 2.30. The molecule has 1 unspecified atom stereocenters. The lowest BCUT2D eigenvalue weighted by Gasteiger charge is -2.22. The average Bonchev–Trinajstić information content (AvgIpc) is 2.74. The first-order valence-electron chi connectivity index (χ1n) is 8.05. The van der Waals surface area contributed by atoms with Crippen molar-refractivity contribution in [1.29, 1.82) is 0 Å². The second-order valence-electron chi connectivity index (χ2n) is 6.34. The predicted molar refractivity (Wildman–Crippen MR) is 92.3 cm³/mol. The molecule has 2 N–H and O–H groups in total. The van der Waals surface area contributed by atoms with E-state index < -0.39 is 21.7 Å². The fraction of sp³-hybridized carbons (Fsp3) is 0.278. The molecule has 2 aromatic rings. The molecule has 0 radical (unpaired) electrons. The van der Waals surface area contributed by atoms with Crippen LogP contribution in [0.5, 0.6) is 5.75 Å². The van der Waals surface area contributed by atoms with Gasteiger partial charge in [0.15, 0.2) is 0 Å². The maximum Gasteiger partial charge on any atom is 0.339 e. The number of aromatic hydroxyl groups is 1. The highest BCUT2D eigenvalue weighted by molar-refractivity contribution is 7.89. The summed E-state index contributed by atoms with van der Waals surface area (Å²) >= 11 is 0. The van der Waals surface area contributed by atoms with Gasteiger partial charge in [-0.3, -0.25) is 0 Å².